The molecule has 3 N–H and O–H groups in total. The van der Waals surface area contributed by atoms with Crippen molar-refractivity contribution in [2.24, 2.45) is 0 Å². The number of Topliss-reactive ketones (excluding diaryl/α,β-unsaturated/α-hetero) is 1. The van der Waals surface area contributed by atoms with Crippen molar-refractivity contribution in [3.63, 3.8) is 0 Å². The Bertz CT molecular complexity index is 816. The first kappa shape index (κ1) is 18.8. The van der Waals surface area contributed by atoms with Crippen molar-refractivity contribution in [2.75, 3.05) is 18.4 Å². The van der Waals surface area contributed by atoms with Crippen molar-refractivity contribution in [3.05, 3.63) is 33.6 Å². The second-order valence-corrected chi connectivity index (χ2v) is 8.23. The number of nitrogens with one attached hydrogen (secondary N) is 3. The molecule has 0 saturated carbocycles. The number of aromatic nitrogens is 2. The van der Waals surface area contributed by atoms with Gasteiger partial charge in [-0.3, -0.25) is 14.9 Å². The number of aromatic amines is 1. The number of ketones is 1. The molecule has 0 atom stereocenters. The van der Waals surface area contributed by atoms with Gasteiger partial charge in [0.1, 0.15) is 5.69 Å². The summed E-state index contributed by atoms with van der Waals surface area (Å²) in [5.74, 6) is 0.323. The minimum Gasteiger partial charge on any atom is -0.354 e. The Balaban J connectivity index is 1.81. The van der Waals surface area contributed by atoms with Gasteiger partial charge in [0, 0.05) is 22.3 Å². The summed E-state index contributed by atoms with van der Waals surface area (Å²) in [5, 5.41) is 6.87. The Kier molecular flexibility index (Phi) is 5.58. The van der Waals surface area contributed by atoms with E-state index in [9.17, 15) is 9.59 Å². The molecule has 1 aliphatic rings. The Labute approximate surface area is 157 Å². The van der Waals surface area contributed by atoms with Crippen LogP contribution in [-0.2, 0) is 0 Å². The average molecular weight is 375 g/mol. The van der Waals surface area contributed by atoms with Gasteiger partial charge in [-0.15, -0.1) is 11.3 Å². The molecule has 1 saturated heterocycles. The van der Waals surface area contributed by atoms with Gasteiger partial charge in [-0.25, -0.2) is 4.98 Å². The zero-order chi connectivity index (χ0) is 18.8. The fourth-order valence-electron chi connectivity index (χ4n) is 3.65. The van der Waals surface area contributed by atoms with E-state index in [1.54, 1.807) is 11.3 Å². The lowest BCUT2D eigenvalue weighted by molar-refractivity contribution is 0.101. The monoisotopic (exact) mass is 374 g/mol. The molecule has 2 aromatic rings. The summed E-state index contributed by atoms with van der Waals surface area (Å²) in [6.07, 6.45) is 4.08. The van der Waals surface area contributed by atoms with E-state index in [-0.39, 0.29) is 17.6 Å². The molecule has 140 valence electrons. The van der Waals surface area contributed by atoms with Gasteiger partial charge in [0.15, 0.2) is 10.9 Å². The Morgan fingerprint density at radius 1 is 1.31 bits per heavy atom. The van der Waals surface area contributed by atoms with Crippen LogP contribution in [0.1, 0.15) is 82.4 Å². The predicted octanol–water partition coefficient (Wildman–Crippen LogP) is 3.82. The third-order valence-electron chi connectivity index (χ3n) is 4.87. The van der Waals surface area contributed by atoms with Crippen molar-refractivity contribution in [1.29, 1.82) is 0 Å². The summed E-state index contributed by atoms with van der Waals surface area (Å²) in [5.41, 5.74) is 2.60. The molecular formula is C19H26N4O2S. The zero-order valence-electron chi connectivity index (χ0n) is 15.7. The molecule has 7 heteroatoms. The van der Waals surface area contributed by atoms with E-state index < -0.39 is 0 Å². The summed E-state index contributed by atoms with van der Waals surface area (Å²) >= 11 is 1.54. The number of carbonyl (C=O) groups excluding carboxylic acids is 2. The SMILES string of the molecule is CC(=O)c1c(C)[nH]c(C(=O)Nc2ncc(C3CCNCC3)s2)c1C(C)C. The third-order valence-corrected chi connectivity index (χ3v) is 5.94. The number of thiazole rings is 1. The molecule has 0 aromatic carbocycles. The topological polar surface area (TPSA) is 86.9 Å². The van der Waals surface area contributed by atoms with E-state index in [1.807, 2.05) is 27.0 Å². The average Bonchev–Trinajstić information content (AvgIpc) is 3.20. The molecule has 1 aliphatic heterocycles. The van der Waals surface area contributed by atoms with Gasteiger partial charge in [0.2, 0.25) is 0 Å². The molecule has 3 heterocycles. The second kappa shape index (κ2) is 7.72. The van der Waals surface area contributed by atoms with Crippen molar-refractivity contribution < 1.29 is 9.59 Å². The fraction of sp³-hybridized carbons (Fsp3) is 0.526. The maximum Gasteiger partial charge on any atom is 0.274 e. The number of hydrogen-bond acceptors (Lipinski definition) is 5. The number of aryl methyl sites for hydroxylation is 1. The zero-order valence-corrected chi connectivity index (χ0v) is 16.5. The van der Waals surface area contributed by atoms with Crippen LogP contribution in [0.15, 0.2) is 6.20 Å². The van der Waals surface area contributed by atoms with Crippen LogP contribution in [-0.4, -0.2) is 34.7 Å². The standard InChI is InChI=1S/C19H26N4O2S/c1-10(2)15-16(12(4)24)11(3)22-17(15)18(25)23-19-21-9-14(26-19)13-5-7-20-8-6-13/h9-10,13,20,22H,5-8H2,1-4H3,(H,21,23,25). The van der Waals surface area contributed by atoms with Gasteiger partial charge in [-0.05, 0) is 57.2 Å². The maximum atomic E-state index is 12.8. The number of hydrogen-bond donors (Lipinski definition) is 3. The Hall–Kier alpha value is -1.99. The summed E-state index contributed by atoms with van der Waals surface area (Å²) in [6, 6.07) is 0. The van der Waals surface area contributed by atoms with Crippen molar-refractivity contribution >= 4 is 28.2 Å². The van der Waals surface area contributed by atoms with Crippen LogP contribution in [0.3, 0.4) is 0 Å². The molecule has 1 fully saturated rings. The maximum absolute atomic E-state index is 12.8. The highest BCUT2D eigenvalue weighted by Crippen LogP contribution is 2.32. The summed E-state index contributed by atoms with van der Waals surface area (Å²) in [7, 11) is 0. The molecule has 0 bridgehead atoms. The summed E-state index contributed by atoms with van der Waals surface area (Å²) < 4.78 is 0. The van der Waals surface area contributed by atoms with E-state index in [2.05, 4.69) is 20.6 Å². The molecule has 2 aromatic heterocycles. The predicted molar refractivity (Wildman–Crippen MR) is 105 cm³/mol. The Morgan fingerprint density at radius 2 is 2.00 bits per heavy atom. The van der Waals surface area contributed by atoms with E-state index in [1.165, 1.54) is 11.8 Å². The molecule has 26 heavy (non-hydrogen) atoms. The normalized spacial score (nSPS) is 15.4. The van der Waals surface area contributed by atoms with Crippen LogP contribution in [0.2, 0.25) is 0 Å². The lowest BCUT2D eigenvalue weighted by atomic mass is 9.95. The van der Waals surface area contributed by atoms with Crippen LogP contribution in [0.4, 0.5) is 5.13 Å². The van der Waals surface area contributed by atoms with Crippen LogP contribution in [0.5, 0.6) is 0 Å². The van der Waals surface area contributed by atoms with Crippen LogP contribution in [0, 0.1) is 6.92 Å². The van der Waals surface area contributed by atoms with E-state index in [0.29, 0.717) is 22.3 Å². The summed E-state index contributed by atoms with van der Waals surface area (Å²) in [4.78, 5) is 33.5. The largest absolute Gasteiger partial charge is 0.354 e. The van der Waals surface area contributed by atoms with Crippen LogP contribution in [0.25, 0.3) is 0 Å². The molecular weight excluding hydrogens is 348 g/mol. The quantitative estimate of drug-likeness (QED) is 0.694. The first-order valence-electron chi connectivity index (χ1n) is 9.09. The van der Waals surface area contributed by atoms with E-state index >= 15 is 0 Å². The van der Waals surface area contributed by atoms with E-state index in [4.69, 9.17) is 0 Å². The molecule has 6 nitrogen and oxygen atoms in total. The molecule has 1 amide bonds. The van der Waals surface area contributed by atoms with Crippen molar-refractivity contribution in [3.8, 4) is 0 Å². The number of H-pyrrole nitrogens is 1. The number of anilines is 1. The number of rotatable bonds is 5. The minimum atomic E-state index is -0.240. The number of amides is 1. The van der Waals surface area contributed by atoms with Gasteiger partial charge in [0.25, 0.3) is 5.91 Å². The highest BCUT2D eigenvalue weighted by molar-refractivity contribution is 7.15. The first-order valence-corrected chi connectivity index (χ1v) is 9.91. The van der Waals surface area contributed by atoms with Gasteiger partial charge in [-0.1, -0.05) is 13.8 Å². The third kappa shape index (κ3) is 3.73. The van der Waals surface area contributed by atoms with Gasteiger partial charge in [0.05, 0.1) is 0 Å². The van der Waals surface area contributed by atoms with Crippen molar-refractivity contribution in [2.45, 2.75) is 52.4 Å². The second-order valence-electron chi connectivity index (χ2n) is 7.17. The fourth-order valence-corrected chi connectivity index (χ4v) is 4.63. The lowest BCUT2D eigenvalue weighted by Crippen LogP contribution is -2.26. The lowest BCUT2D eigenvalue weighted by Gasteiger charge is -2.20. The molecule has 0 radical (unpaired) electrons. The van der Waals surface area contributed by atoms with Gasteiger partial charge < -0.3 is 10.3 Å². The van der Waals surface area contributed by atoms with Crippen LogP contribution < -0.4 is 10.6 Å². The Morgan fingerprint density at radius 3 is 2.62 bits per heavy atom. The van der Waals surface area contributed by atoms with E-state index in [0.717, 1.165) is 37.2 Å². The molecule has 3 rings (SSSR count). The van der Waals surface area contributed by atoms with Crippen molar-refractivity contribution in [1.82, 2.24) is 15.3 Å². The molecule has 0 unspecified atom stereocenters. The number of nitrogens with zero attached hydrogens (tertiary/aromatic N) is 1. The molecule has 0 aliphatic carbocycles. The highest BCUT2D eigenvalue weighted by Gasteiger charge is 2.25. The van der Waals surface area contributed by atoms with Gasteiger partial charge >= 0.3 is 0 Å². The van der Waals surface area contributed by atoms with Crippen LogP contribution >= 0.6 is 11.3 Å². The minimum absolute atomic E-state index is 0.0241. The molecule has 0 spiro atoms. The smallest absolute Gasteiger partial charge is 0.274 e. The highest BCUT2D eigenvalue weighted by atomic mass is 32.1. The number of carbonyl (C=O) groups is 2. The van der Waals surface area contributed by atoms with Gasteiger partial charge in [-0.2, -0.15) is 0 Å². The summed E-state index contributed by atoms with van der Waals surface area (Å²) in [6.45, 7) is 9.40. The number of piperidine rings is 1. The first-order chi connectivity index (χ1) is 12.4.